The number of rotatable bonds is 6. The molecule has 2 aromatic carbocycles. The molecule has 2 N–H and O–H groups in total. The van der Waals surface area contributed by atoms with E-state index in [1.807, 2.05) is 30.0 Å². The standard InChI is InChI=1S/C23H29FN4O/c1-16-10-11-18(13-21(16)24)17(2)27-23(25-3)26-12-6-9-22(29)28-14-19-7-4-5-8-20(19)15-28/h4-5,7-8,10-11,13,17H,6,9,12,14-15H2,1-3H3,(H2,25,26,27). The minimum Gasteiger partial charge on any atom is -0.356 e. The summed E-state index contributed by atoms with van der Waals surface area (Å²) < 4.78 is 13.8. The average molecular weight is 397 g/mol. The maximum absolute atomic E-state index is 13.8. The second-order valence-electron chi connectivity index (χ2n) is 7.50. The molecule has 154 valence electrons. The van der Waals surface area contributed by atoms with Gasteiger partial charge in [-0.3, -0.25) is 9.79 Å². The Labute approximate surface area is 172 Å². The van der Waals surface area contributed by atoms with Gasteiger partial charge in [0.25, 0.3) is 0 Å². The molecule has 1 aliphatic rings. The highest BCUT2D eigenvalue weighted by atomic mass is 19.1. The molecule has 29 heavy (non-hydrogen) atoms. The molecule has 6 heteroatoms. The van der Waals surface area contributed by atoms with Crippen LogP contribution < -0.4 is 10.6 Å². The second-order valence-corrected chi connectivity index (χ2v) is 7.50. The number of hydrogen-bond acceptors (Lipinski definition) is 2. The number of hydrogen-bond donors (Lipinski definition) is 2. The lowest BCUT2D eigenvalue weighted by molar-refractivity contribution is -0.131. The number of benzene rings is 2. The summed E-state index contributed by atoms with van der Waals surface area (Å²) in [6, 6.07) is 13.4. The molecule has 0 aromatic heterocycles. The number of guanidine groups is 1. The van der Waals surface area contributed by atoms with Crippen LogP contribution in [-0.4, -0.2) is 30.4 Å². The smallest absolute Gasteiger partial charge is 0.223 e. The Morgan fingerprint density at radius 3 is 2.52 bits per heavy atom. The third-order valence-corrected chi connectivity index (χ3v) is 5.33. The largest absolute Gasteiger partial charge is 0.356 e. The summed E-state index contributed by atoms with van der Waals surface area (Å²) in [6.07, 6.45) is 1.22. The van der Waals surface area contributed by atoms with E-state index in [-0.39, 0.29) is 17.8 Å². The first kappa shape index (κ1) is 20.8. The molecule has 0 fully saturated rings. The van der Waals surface area contributed by atoms with E-state index >= 15 is 0 Å². The fourth-order valence-electron chi connectivity index (χ4n) is 3.48. The third-order valence-electron chi connectivity index (χ3n) is 5.33. The van der Waals surface area contributed by atoms with Gasteiger partial charge in [0.2, 0.25) is 5.91 Å². The molecule has 1 unspecified atom stereocenters. The first-order valence-corrected chi connectivity index (χ1v) is 10.1. The number of nitrogens with one attached hydrogen (secondary N) is 2. The van der Waals surface area contributed by atoms with Gasteiger partial charge in [-0.05, 0) is 48.6 Å². The van der Waals surface area contributed by atoms with Crippen molar-refractivity contribution in [3.8, 4) is 0 Å². The third kappa shape index (κ3) is 5.34. The van der Waals surface area contributed by atoms with Gasteiger partial charge in [-0.25, -0.2) is 4.39 Å². The van der Waals surface area contributed by atoms with E-state index in [2.05, 4.69) is 27.8 Å². The number of amides is 1. The van der Waals surface area contributed by atoms with E-state index in [0.717, 1.165) is 12.0 Å². The highest BCUT2D eigenvalue weighted by molar-refractivity contribution is 5.80. The molecule has 0 radical (unpaired) electrons. The van der Waals surface area contributed by atoms with Crippen LogP contribution in [-0.2, 0) is 17.9 Å². The molecule has 0 bridgehead atoms. The highest BCUT2D eigenvalue weighted by Crippen LogP contribution is 2.23. The van der Waals surface area contributed by atoms with Gasteiger partial charge in [0.1, 0.15) is 5.82 Å². The van der Waals surface area contributed by atoms with E-state index in [1.165, 1.54) is 11.1 Å². The van der Waals surface area contributed by atoms with Gasteiger partial charge >= 0.3 is 0 Å². The van der Waals surface area contributed by atoms with Crippen LogP contribution >= 0.6 is 0 Å². The first-order valence-electron chi connectivity index (χ1n) is 10.1. The maximum atomic E-state index is 13.8. The quantitative estimate of drug-likeness (QED) is 0.445. The number of carbonyl (C=O) groups excluding carboxylic acids is 1. The first-order chi connectivity index (χ1) is 14.0. The van der Waals surface area contributed by atoms with E-state index < -0.39 is 0 Å². The predicted molar refractivity (Wildman–Crippen MR) is 114 cm³/mol. The minimum atomic E-state index is -0.207. The maximum Gasteiger partial charge on any atom is 0.223 e. The zero-order valence-corrected chi connectivity index (χ0v) is 17.3. The summed E-state index contributed by atoms with van der Waals surface area (Å²) >= 11 is 0. The fourth-order valence-corrected chi connectivity index (χ4v) is 3.48. The van der Waals surface area contributed by atoms with Crippen molar-refractivity contribution in [2.45, 2.75) is 45.8 Å². The molecular formula is C23H29FN4O. The lowest BCUT2D eigenvalue weighted by Gasteiger charge is -2.19. The fraction of sp³-hybridized carbons (Fsp3) is 0.391. The monoisotopic (exact) mass is 396 g/mol. The van der Waals surface area contributed by atoms with Crippen molar-refractivity contribution in [1.29, 1.82) is 0 Å². The summed E-state index contributed by atoms with van der Waals surface area (Å²) in [6.45, 7) is 5.76. The number of halogens is 1. The second kappa shape index (κ2) is 9.54. The normalized spacial score (nSPS) is 14.5. The molecule has 0 aliphatic carbocycles. The van der Waals surface area contributed by atoms with Crippen LogP contribution in [0.25, 0.3) is 0 Å². The van der Waals surface area contributed by atoms with Gasteiger partial charge in [-0.2, -0.15) is 0 Å². The Hall–Kier alpha value is -2.89. The van der Waals surface area contributed by atoms with E-state index in [4.69, 9.17) is 0 Å². The minimum absolute atomic E-state index is 0.0824. The lowest BCUT2D eigenvalue weighted by Crippen LogP contribution is -2.39. The molecule has 1 atom stereocenters. The lowest BCUT2D eigenvalue weighted by atomic mass is 10.1. The summed E-state index contributed by atoms with van der Waals surface area (Å²) in [5, 5.41) is 6.50. The topological polar surface area (TPSA) is 56.7 Å². The molecule has 0 spiro atoms. The number of fused-ring (bicyclic) bond motifs is 1. The number of aliphatic imine (C=N–C) groups is 1. The zero-order valence-electron chi connectivity index (χ0n) is 17.3. The Kier molecular flexibility index (Phi) is 6.86. The SMILES string of the molecule is CN=C(NCCCC(=O)N1Cc2ccccc2C1)NC(C)c1ccc(C)c(F)c1. The van der Waals surface area contributed by atoms with Crippen LogP contribution in [0.1, 0.15) is 48.1 Å². The summed E-state index contributed by atoms with van der Waals surface area (Å²) in [5.74, 6) is 0.607. The van der Waals surface area contributed by atoms with Gasteiger partial charge in [-0.15, -0.1) is 0 Å². The van der Waals surface area contributed by atoms with Crippen molar-refractivity contribution in [2.24, 2.45) is 4.99 Å². The van der Waals surface area contributed by atoms with Crippen molar-refractivity contribution in [3.63, 3.8) is 0 Å². The van der Waals surface area contributed by atoms with E-state index in [1.54, 1.807) is 26.1 Å². The predicted octanol–water partition coefficient (Wildman–Crippen LogP) is 3.68. The average Bonchev–Trinajstić information content (AvgIpc) is 3.16. The Morgan fingerprint density at radius 2 is 1.90 bits per heavy atom. The molecule has 2 aromatic rings. The van der Waals surface area contributed by atoms with E-state index in [9.17, 15) is 9.18 Å². The van der Waals surface area contributed by atoms with Crippen LogP contribution in [0.2, 0.25) is 0 Å². The van der Waals surface area contributed by atoms with Crippen LogP contribution in [0.3, 0.4) is 0 Å². The molecule has 1 amide bonds. The van der Waals surface area contributed by atoms with Crippen molar-refractivity contribution in [1.82, 2.24) is 15.5 Å². The van der Waals surface area contributed by atoms with E-state index in [0.29, 0.717) is 37.6 Å². The van der Waals surface area contributed by atoms with Crippen LogP contribution in [0, 0.1) is 12.7 Å². The van der Waals surface area contributed by atoms with Crippen molar-refractivity contribution >= 4 is 11.9 Å². The molecule has 3 rings (SSSR count). The van der Waals surface area contributed by atoms with Crippen LogP contribution in [0.5, 0.6) is 0 Å². The van der Waals surface area contributed by atoms with Crippen LogP contribution in [0.4, 0.5) is 4.39 Å². The Morgan fingerprint density at radius 1 is 1.21 bits per heavy atom. The van der Waals surface area contributed by atoms with Crippen molar-refractivity contribution < 1.29 is 9.18 Å². The van der Waals surface area contributed by atoms with Crippen molar-refractivity contribution in [2.75, 3.05) is 13.6 Å². The summed E-state index contributed by atoms with van der Waals surface area (Å²) in [7, 11) is 1.70. The van der Waals surface area contributed by atoms with Gasteiger partial charge in [0, 0.05) is 33.1 Å². The van der Waals surface area contributed by atoms with Gasteiger partial charge < -0.3 is 15.5 Å². The molecule has 0 saturated carbocycles. The number of carbonyl (C=O) groups is 1. The van der Waals surface area contributed by atoms with Crippen LogP contribution in [0.15, 0.2) is 47.5 Å². The highest BCUT2D eigenvalue weighted by Gasteiger charge is 2.22. The number of aryl methyl sites for hydroxylation is 1. The number of nitrogens with zero attached hydrogens (tertiary/aromatic N) is 2. The summed E-state index contributed by atoms with van der Waals surface area (Å²) in [5.41, 5.74) is 3.98. The molecular weight excluding hydrogens is 367 g/mol. The van der Waals surface area contributed by atoms with Crippen molar-refractivity contribution in [3.05, 3.63) is 70.5 Å². The molecule has 1 aliphatic heterocycles. The van der Waals surface area contributed by atoms with Gasteiger partial charge in [-0.1, -0.05) is 36.4 Å². The molecule has 1 heterocycles. The van der Waals surface area contributed by atoms with Gasteiger partial charge in [0.15, 0.2) is 5.96 Å². The Balaban J connectivity index is 1.41. The molecule has 0 saturated heterocycles. The van der Waals surface area contributed by atoms with Gasteiger partial charge in [0.05, 0.1) is 6.04 Å². The zero-order chi connectivity index (χ0) is 20.8. The summed E-state index contributed by atoms with van der Waals surface area (Å²) in [4.78, 5) is 18.6. The molecule has 5 nitrogen and oxygen atoms in total. The Bertz CT molecular complexity index is 871.